The Bertz CT molecular complexity index is 886. The van der Waals surface area contributed by atoms with Crippen molar-refractivity contribution in [1.29, 1.82) is 0 Å². The van der Waals surface area contributed by atoms with Crippen molar-refractivity contribution < 1.29 is 14.3 Å². The van der Waals surface area contributed by atoms with Gasteiger partial charge in [-0.05, 0) is 36.4 Å². The van der Waals surface area contributed by atoms with Crippen LogP contribution in [-0.2, 0) is 0 Å². The van der Waals surface area contributed by atoms with Crippen molar-refractivity contribution >= 4 is 34.2 Å². The molecule has 0 atom stereocenters. The highest BCUT2D eigenvalue weighted by Crippen LogP contribution is 2.34. The number of ether oxygens (including phenoxy) is 1. The lowest BCUT2D eigenvalue weighted by Gasteiger charge is -2.08. The van der Waals surface area contributed by atoms with Gasteiger partial charge in [0.15, 0.2) is 0 Å². The van der Waals surface area contributed by atoms with E-state index in [0.29, 0.717) is 26.9 Å². The first-order valence-electron chi connectivity index (χ1n) is 5.93. The molecule has 0 radical (unpaired) electrons. The molecule has 106 valence electrons. The Hall–Kier alpha value is -2.17. The van der Waals surface area contributed by atoms with E-state index in [1.807, 2.05) is 0 Å². The summed E-state index contributed by atoms with van der Waals surface area (Å²) in [4.78, 5) is 11.2. The monoisotopic (exact) mass is 322 g/mol. The second kappa shape index (κ2) is 5.31. The van der Waals surface area contributed by atoms with Crippen LogP contribution in [0.4, 0.5) is 0 Å². The second-order valence-corrected chi connectivity index (χ2v) is 5.13. The topological polar surface area (TPSA) is 59.7 Å². The smallest absolute Gasteiger partial charge is 0.339 e. The molecular weight excluding hydrogens is 315 g/mol. The van der Waals surface area contributed by atoms with Gasteiger partial charge in [-0.2, -0.15) is 0 Å². The molecule has 1 aromatic heterocycles. The summed E-state index contributed by atoms with van der Waals surface area (Å²) in [6, 6.07) is 10.6. The predicted octanol–water partition coefficient (Wildman–Crippen LogP) is 4.60. The van der Waals surface area contributed by atoms with Crippen molar-refractivity contribution in [3.63, 3.8) is 0 Å². The molecule has 3 aromatic rings. The molecule has 0 aliphatic carbocycles. The number of benzene rings is 2. The summed E-state index contributed by atoms with van der Waals surface area (Å²) in [5.41, 5.74) is -0.344. The molecule has 4 nitrogen and oxygen atoms in total. The number of hydrogen-bond donors (Lipinski definition) is 1. The molecular formula is C15H8Cl2O4. The number of aromatic hydroxyl groups is 1. The van der Waals surface area contributed by atoms with Gasteiger partial charge in [-0.25, -0.2) is 4.79 Å². The van der Waals surface area contributed by atoms with E-state index in [4.69, 9.17) is 32.4 Å². The lowest BCUT2D eigenvalue weighted by Crippen LogP contribution is -1.95. The third kappa shape index (κ3) is 2.82. The molecule has 1 heterocycles. The molecule has 0 aliphatic rings. The molecule has 0 spiro atoms. The van der Waals surface area contributed by atoms with Crippen LogP contribution in [0.15, 0.2) is 51.7 Å². The van der Waals surface area contributed by atoms with E-state index in [0.717, 1.165) is 6.07 Å². The van der Waals surface area contributed by atoms with Crippen LogP contribution < -0.4 is 10.4 Å². The van der Waals surface area contributed by atoms with Gasteiger partial charge in [-0.15, -0.1) is 0 Å². The molecule has 0 bridgehead atoms. The minimum Gasteiger partial charge on any atom is -0.507 e. The van der Waals surface area contributed by atoms with Crippen molar-refractivity contribution in [2.24, 2.45) is 0 Å². The van der Waals surface area contributed by atoms with Gasteiger partial charge >= 0.3 is 5.63 Å². The zero-order chi connectivity index (χ0) is 15.0. The Balaban J connectivity index is 2.03. The maximum absolute atomic E-state index is 11.2. The number of fused-ring (bicyclic) bond motifs is 1. The van der Waals surface area contributed by atoms with Crippen molar-refractivity contribution in [2.45, 2.75) is 0 Å². The van der Waals surface area contributed by atoms with E-state index in [1.54, 1.807) is 30.3 Å². The van der Waals surface area contributed by atoms with Crippen LogP contribution in [0, 0.1) is 0 Å². The number of halogens is 2. The summed E-state index contributed by atoms with van der Waals surface area (Å²) in [6.07, 6.45) is 0. The molecule has 2 aromatic carbocycles. The standard InChI is InChI=1S/C15H8Cl2O4/c16-8-1-3-14(11(17)5-8)20-9-2-4-13-10(6-9)12(18)7-15(19)21-13/h1-7,18H. The Morgan fingerprint density at radius 2 is 1.86 bits per heavy atom. The fourth-order valence-electron chi connectivity index (χ4n) is 1.87. The molecule has 3 rings (SSSR count). The fourth-order valence-corrected chi connectivity index (χ4v) is 2.32. The van der Waals surface area contributed by atoms with Crippen LogP contribution in [0.5, 0.6) is 17.2 Å². The van der Waals surface area contributed by atoms with Gasteiger partial charge in [0.2, 0.25) is 0 Å². The van der Waals surface area contributed by atoms with Crippen LogP contribution in [0.3, 0.4) is 0 Å². The minimum atomic E-state index is -0.616. The average molecular weight is 323 g/mol. The maximum Gasteiger partial charge on any atom is 0.339 e. The van der Waals surface area contributed by atoms with Crippen LogP contribution in [-0.4, -0.2) is 5.11 Å². The minimum absolute atomic E-state index is 0.172. The van der Waals surface area contributed by atoms with E-state index in [2.05, 4.69) is 0 Å². The normalized spacial score (nSPS) is 10.8. The molecule has 1 N–H and O–H groups in total. The molecule has 0 saturated heterocycles. The van der Waals surface area contributed by atoms with E-state index in [1.165, 1.54) is 6.07 Å². The first-order valence-corrected chi connectivity index (χ1v) is 6.68. The molecule has 0 saturated carbocycles. The first kappa shape index (κ1) is 13.8. The van der Waals surface area contributed by atoms with Gasteiger partial charge in [0.1, 0.15) is 22.8 Å². The van der Waals surface area contributed by atoms with Crippen molar-refractivity contribution in [3.8, 4) is 17.2 Å². The van der Waals surface area contributed by atoms with E-state index >= 15 is 0 Å². The van der Waals surface area contributed by atoms with Crippen LogP contribution in [0.2, 0.25) is 10.0 Å². The maximum atomic E-state index is 11.2. The lowest BCUT2D eigenvalue weighted by molar-refractivity contribution is 0.464. The zero-order valence-electron chi connectivity index (χ0n) is 10.5. The van der Waals surface area contributed by atoms with Gasteiger partial charge < -0.3 is 14.3 Å². The predicted molar refractivity (Wildman–Crippen MR) is 80.7 cm³/mol. The molecule has 0 fully saturated rings. The fraction of sp³-hybridized carbons (Fsp3) is 0. The summed E-state index contributed by atoms with van der Waals surface area (Å²) < 4.78 is 10.6. The number of hydrogen-bond acceptors (Lipinski definition) is 4. The van der Waals surface area contributed by atoms with Crippen molar-refractivity contribution in [3.05, 3.63) is 62.9 Å². The highest BCUT2D eigenvalue weighted by atomic mass is 35.5. The molecule has 6 heteroatoms. The SMILES string of the molecule is O=c1cc(O)c2cc(Oc3ccc(Cl)cc3Cl)ccc2o1. The zero-order valence-corrected chi connectivity index (χ0v) is 12.0. The number of rotatable bonds is 2. The first-order chi connectivity index (χ1) is 10.0. The Labute approximate surface area is 129 Å². The second-order valence-electron chi connectivity index (χ2n) is 4.29. The van der Waals surface area contributed by atoms with E-state index in [-0.39, 0.29) is 11.3 Å². The van der Waals surface area contributed by atoms with Crippen molar-refractivity contribution in [2.75, 3.05) is 0 Å². The van der Waals surface area contributed by atoms with E-state index in [9.17, 15) is 9.90 Å². The van der Waals surface area contributed by atoms with Crippen LogP contribution in [0.25, 0.3) is 11.0 Å². The van der Waals surface area contributed by atoms with Gasteiger partial charge in [0.25, 0.3) is 0 Å². The van der Waals surface area contributed by atoms with Crippen LogP contribution >= 0.6 is 23.2 Å². The summed E-state index contributed by atoms with van der Waals surface area (Å²) in [5.74, 6) is 0.696. The molecule has 0 unspecified atom stereocenters. The summed E-state index contributed by atoms with van der Waals surface area (Å²) in [7, 11) is 0. The van der Waals surface area contributed by atoms with E-state index < -0.39 is 5.63 Å². The molecule has 0 amide bonds. The third-order valence-electron chi connectivity index (χ3n) is 2.81. The van der Waals surface area contributed by atoms with Gasteiger partial charge in [0.05, 0.1) is 16.5 Å². The average Bonchev–Trinajstić information content (AvgIpc) is 2.42. The Morgan fingerprint density at radius 3 is 2.62 bits per heavy atom. The summed E-state index contributed by atoms with van der Waals surface area (Å²) in [6.45, 7) is 0. The quantitative estimate of drug-likeness (QED) is 0.700. The lowest BCUT2D eigenvalue weighted by atomic mass is 10.2. The van der Waals surface area contributed by atoms with Crippen LogP contribution in [0.1, 0.15) is 0 Å². The molecule has 21 heavy (non-hydrogen) atoms. The summed E-state index contributed by atoms with van der Waals surface area (Å²) >= 11 is 11.8. The third-order valence-corrected chi connectivity index (χ3v) is 3.34. The summed E-state index contributed by atoms with van der Waals surface area (Å²) in [5, 5.41) is 11.0. The van der Waals surface area contributed by atoms with Gasteiger partial charge in [0, 0.05) is 5.02 Å². The van der Waals surface area contributed by atoms with Gasteiger partial charge in [-0.1, -0.05) is 23.2 Å². The Morgan fingerprint density at radius 1 is 1.05 bits per heavy atom. The molecule has 0 aliphatic heterocycles. The highest BCUT2D eigenvalue weighted by molar-refractivity contribution is 6.35. The Kier molecular flexibility index (Phi) is 3.49. The highest BCUT2D eigenvalue weighted by Gasteiger charge is 2.08. The largest absolute Gasteiger partial charge is 0.507 e. The van der Waals surface area contributed by atoms with Gasteiger partial charge in [-0.3, -0.25) is 0 Å². The van der Waals surface area contributed by atoms with Crippen molar-refractivity contribution in [1.82, 2.24) is 0 Å².